The molecule has 0 aliphatic heterocycles. The fourth-order valence-corrected chi connectivity index (χ4v) is 0.642. The first-order valence-electron chi connectivity index (χ1n) is 3.52. The third-order valence-electron chi connectivity index (χ3n) is 1.58. The highest BCUT2D eigenvalue weighted by Crippen LogP contribution is 2.04. The second kappa shape index (κ2) is 6.22. The van der Waals surface area contributed by atoms with Gasteiger partial charge in [0.25, 0.3) is 0 Å². The second-order valence-corrected chi connectivity index (χ2v) is 2.79. The van der Waals surface area contributed by atoms with Gasteiger partial charge in [0, 0.05) is 6.04 Å². The predicted molar refractivity (Wildman–Crippen MR) is 48.1 cm³/mol. The summed E-state index contributed by atoms with van der Waals surface area (Å²) in [6.45, 7) is 3.66. The van der Waals surface area contributed by atoms with E-state index in [-0.39, 0.29) is 18.3 Å². The van der Waals surface area contributed by atoms with Crippen LogP contribution >= 0.6 is 12.4 Å². The fourth-order valence-electron chi connectivity index (χ4n) is 0.642. The van der Waals surface area contributed by atoms with Crippen molar-refractivity contribution >= 4 is 18.4 Å². The molecule has 2 atom stereocenters. The molecule has 4 nitrogen and oxygen atoms in total. The third kappa shape index (κ3) is 3.90. The molecule has 0 heterocycles. The molecule has 0 saturated carbocycles. The smallest absolute Gasteiger partial charge is 0.336 e. The SMILES string of the molecule is COC(=O)C(O)C(N)C(C)C.Cl. The first kappa shape index (κ1) is 14.2. The van der Waals surface area contributed by atoms with Gasteiger partial charge in [-0.1, -0.05) is 13.8 Å². The maximum absolute atomic E-state index is 10.7. The number of methoxy groups -OCH3 is 1. The fraction of sp³-hybridized carbons (Fsp3) is 0.857. The minimum Gasteiger partial charge on any atom is -0.467 e. The molecule has 0 aromatic rings. The molecule has 0 spiro atoms. The van der Waals surface area contributed by atoms with Crippen LogP contribution in [0.1, 0.15) is 13.8 Å². The van der Waals surface area contributed by atoms with Gasteiger partial charge in [0.15, 0.2) is 6.10 Å². The van der Waals surface area contributed by atoms with Crippen molar-refractivity contribution < 1.29 is 14.6 Å². The van der Waals surface area contributed by atoms with Crippen LogP contribution in [-0.4, -0.2) is 30.3 Å². The Labute approximate surface area is 78.5 Å². The van der Waals surface area contributed by atoms with E-state index in [0.717, 1.165) is 0 Å². The lowest BCUT2D eigenvalue weighted by atomic mass is 10.00. The molecule has 0 aliphatic carbocycles. The summed E-state index contributed by atoms with van der Waals surface area (Å²) in [6, 6.07) is -0.553. The summed E-state index contributed by atoms with van der Waals surface area (Å²) in [5, 5.41) is 9.16. The summed E-state index contributed by atoms with van der Waals surface area (Å²) in [4.78, 5) is 10.7. The minimum atomic E-state index is -1.21. The molecule has 0 aromatic heterocycles. The number of carbonyl (C=O) groups excluding carboxylic acids is 1. The minimum absolute atomic E-state index is 0. The average Bonchev–Trinajstić information content (AvgIpc) is 2.00. The zero-order valence-electron chi connectivity index (χ0n) is 7.48. The Bertz CT molecular complexity index is 141. The highest BCUT2D eigenvalue weighted by molar-refractivity contribution is 5.85. The standard InChI is InChI=1S/C7H15NO3.ClH/c1-4(2)5(8)6(9)7(10)11-3;/h4-6,9H,8H2,1-3H3;1H. The molecule has 3 N–H and O–H groups in total. The molecule has 0 radical (unpaired) electrons. The van der Waals surface area contributed by atoms with Gasteiger partial charge in [-0.25, -0.2) is 4.79 Å². The number of nitrogens with two attached hydrogens (primary N) is 1. The maximum atomic E-state index is 10.7. The van der Waals surface area contributed by atoms with E-state index in [1.165, 1.54) is 7.11 Å². The first-order chi connectivity index (χ1) is 5.00. The van der Waals surface area contributed by atoms with Crippen molar-refractivity contribution in [2.75, 3.05) is 7.11 Å². The van der Waals surface area contributed by atoms with Gasteiger partial charge in [-0.3, -0.25) is 0 Å². The molecular formula is C7H16ClNO3. The Kier molecular flexibility index (Phi) is 7.37. The molecule has 0 fully saturated rings. The second-order valence-electron chi connectivity index (χ2n) is 2.79. The zero-order valence-corrected chi connectivity index (χ0v) is 8.30. The molecule has 2 unspecified atom stereocenters. The summed E-state index contributed by atoms with van der Waals surface area (Å²) < 4.78 is 4.31. The number of rotatable bonds is 3. The lowest BCUT2D eigenvalue weighted by molar-refractivity contribution is -0.152. The first-order valence-corrected chi connectivity index (χ1v) is 3.52. The van der Waals surface area contributed by atoms with Crippen LogP contribution < -0.4 is 5.73 Å². The zero-order chi connectivity index (χ0) is 9.02. The van der Waals surface area contributed by atoms with E-state index in [1.54, 1.807) is 0 Å². The van der Waals surface area contributed by atoms with E-state index in [9.17, 15) is 4.79 Å². The molecule has 5 heteroatoms. The van der Waals surface area contributed by atoms with Crippen molar-refractivity contribution in [3.8, 4) is 0 Å². The van der Waals surface area contributed by atoms with Gasteiger partial charge in [0.1, 0.15) is 0 Å². The number of hydrogen-bond acceptors (Lipinski definition) is 4. The average molecular weight is 198 g/mol. The van der Waals surface area contributed by atoms with Gasteiger partial charge in [-0.2, -0.15) is 0 Å². The highest BCUT2D eigenvalue weighted by Gasteiger charge is 2.25. The Hall–Kier alpha value is -0.320. The van der Waals surface area contributed by atoms with E-state index in [1.807, 2.05) is 13.8 Å². The third-order valence-corrected chi connectivity index (χ3v) is 1.58. The summed E-state index contributed by atoms with van der Waals surface area (Å²) in [5.41, 5.74) is 5.49. The lowest BCUT2D eigenvalue weighted by Crippen LogP contribution is -2.44. The van der Waals surface area contributed by atoms with Gasteiger partial charge in [0.05, 0.1) is 7.11 Å². The number of aliphatic hydroxyl groups is 1. The van der Waals surface area contributed by atoms with Crippen LogP contribution in [0.15, 0.2) is 0 Å². The summed E-state index contributed by atoms with van der Waals surface area (Å²) in [5.74, 6) is -0.615. The molecular weight excluding hydrogens is 182 g/mol. The van der Waals surface area contributed by atoms with Crippen LogP contribution in [0.5, 0.6) is 0 Å². The molecule has 0 rings (SSSR count). The van der Waals surface area contributed by atoms with Crippen molar-refractivity contribution in [3.05, 3.63) is 0 Å². The number of ether oxygens (including phenoxy) is 1. The number of halogens is 1. The number of esters is 1. The van der Waals surface area contributed by atoms with Crippen molar-refractivity contribution in [2.45, 2.75) is 26.0 Å². The van der Waals surface area contributed by atoms with Crippen LogP contribution in [0.3, 0.4) is 0 Å². The van der Waals surface area contributed by atoms with E-state index in [0.29, 0.717) is 0 Å². The maximum Gasteiger partial charge on any atom is 0.336 e. The van der Waals surface area contributed by atoms with Crippen molar-refractivity contribution in [2.24, 2.45) is 11.7 Å². The largest absolute Gasteiger partial charge is 0.467 e. The van der Waals surface area contributed by atoms with Crippen LogP contribution in [-0.2, 0) is 9.53 Å². The van der Waals surface area contributed by atoms with Gasteiger partial charge >= 0.3 is 5.97 Å². The number of hydrogen-bond donors (Lipinski definition) is 2. The molecule has 74 valence electrons. The van der Waals surface area contributed by atoms with Crippen LogP contribution in [0.4, 0.5) is 0 Å². The van der Waals surface area contributed by atoms with E-state index < -0.39 is 18.1 Å². The Morgan fingerprint density at radius 3 is 2.17 bits per heavy atom. The van der Waals surface area contributed by atoms with Gasteiger partial charge in [-0.15, -0.1) is 12.4 Å². The van der Waals surface area contributed by atoms with Crippen LogP contribution in [0, 0.1) is 5.92 Å². The van der Waals surface area contributed by atoms with Crippen LogP contribution in [0.25, 0.3) is 0 Å². The monoisotopic (exact) mass is 197 g/mol. The number of carbonyl (C=O) groups is 1. The van der Waals surface area contributed by atoms with Gasteiger partial charge < -0.3 is 15.6 Å². The Balaban J connectivity index is 0. The van der Waals surface area contributed by atoms with Crippen molar-refractivity contribution in [3.63, 3.8) is 0 Å². The summed E-state index contributed by atoms with van der Waals surface area (Å²) in [6.07, 6.45) is -1.21. The Morgan fingerprint density at radius 1 is 1.50 bits per heavy atom. The van der Waals surface area contributed by atoms with Gasteiger partial charge in [-0.05, 0) is 5.92 Å². The molecule has 12 heavy (non-hydrogen) atoms. The molecule has 0 amide bonds. The lowest BCUT2D eigenvalue weighted by Gasteiger charge is -2.19. The predicted octanol–water partition coefficient (Wildman–Crippen LogP) is -0.0746. The number of aliphatic hydroxyl groups excluding tert-OH is 1. The van der Waals surface area contributed by atoms with Crippen molar-refractivity contribution in [1.29, 1.82) is 0 Å². The van der Waals surface area contributed by atoms with E-state index >= 15 is 0 Å². The van der Waals surface area contributed by atoms with Crippen LogP contribution in [0.2, 0.25) is 0 Å². The summed E-state index contributed by atoms with van der Waals surface area (Å²) >= 11 is 0. The quantitative estimate of drug-likeness (QED) is 0.621. The topological polar surface area (TPSA) is 72.5 Å². The molecule has 0 aromatic carbocycles. The highest BCUT2D eigenvalue weighted by atomic mass is 35.5. The summed E-state index contributed by atoms with van der Waals surface area (Å²) in [7, 11) is 1.22. The van der Waals surface area contributed by atoms with Gasteiger partial charge in [0.2, 0.25) is 0 Å². The van der Waals surface area contributed by atoms with E-state index in [4.69, 9.17) is 10.8 Å². The molecule has 0 aliphatic rings. The van der Waals surface area contributed by atoms with Crippen molar-refractivity contribution in [1.82, 2.24) is 0 Å². The molecule has 0 saturated heterocycles. The molecule has 0 bridgehead atoms. The van der Waals surface area contributed by atoms with E-state index in [2.05, 4.69) is 4.74 Å². The Morgan fingerprint density at radius 2 is 1.92 bits per heavy atom. The normalized spacial score (nSPS) is 14.8.